The normalized spacial score (nSPS) is 14.2. The number of hydrogen-bond acceptors (Lipinski definition) is 3. The topological polar surface area (TPSA) is 60.0 Å². The zero-order valence-electron chi connectivity index (χ0n) is 18.0. The van der Waals surface area contributed by atoms with E-state index in [1.807, 2.05) is 23.1 Å². The highest BCUT2D eigenvalue weighted by atomic mass is 127. The summed E-state index contributed by atoms with van der Waals surface area (Å²) in [4.78, 5) is 21.1. The van der Waals surface area contributed by atoms with Gasteiger partial charge in [0, 0.05) is 45.5 Å². The van der Waals surface area contributed by atoms with Gasteiger partial charge in [0.1, 0.15) is 0 Å². The molecular formula is C23H32IN5O. The third kappa shape index (κ3) is 6.62. The predicted octanol–water partition coefficient (Wildman–Crippen LogP) is 2.94. The van der Waals surface area contributed by atoms with E-state index in [1.54, 1.807) is 7.05 Å². The number of halogens is 1. The molecule has 1 aliphatic rings. The lowest BCUT2D eigenvalue weighted by molar-refractivity contribution is -0.130. The fourth-order valence-corrected chi connectivity index (χ4v) is 3.57. The SMILES string of the molecule is CN=C(NCC(=O)N1CCN(c2ccccc2)CC1)NCc1ccc(C)cc1C.I. The summed E-state index contributed by atoms with van der Waals surface area (Å²) < 4.78 is 0. The maximum Gasteiger partial charge on any atom is 0.242 e. The van der Waals surface area contributed by atoms with Gasteiger partial charge >= 0.3 is 0 Å². The lowest BCUT2D eigenvalue weighted by Crippen LogP contribution is -2.52. The lowest BCUT2D eigenvalue weighted by atomic mass is 10.1. The minimum atomic E-state index is 0. The maximum atomic E-state index is 12.6. The zero-order chi connectivity index (χ0) is 20.6. The number of benzene rings is 2. The molecule has 3 rings (SSSR count). The first-order chi connectivity index (χ1) is 14.1. The van der Waals surface area contributed by atoms with Crippen LogP contribution in [0.5, 0.6) is 0 Å². The van der Waals surface area contributed by atoms with E-state index in [0.717, 1.165) is 26.2 Å². The molecule has 0 aromatic heterocycles. The van der Waals surface area contributed by atoms with Crippen molar-refractivity contribution < 1.29 is 4.79 Å². The van der Waals surface area contributed by atoms with Crippen LogP contribution in [0.4, 0.5) is 5.69 Å². The van der Waals surface area contributed by atoms with Crippen LogP contribution in [0.15, 0.2) is 53.5 Å². The van der Waals surface area contributed by atoms with Crippen molar-refractivity contribution in [1.29, 1.82) is 0 Å². The van der Waals surface area contributed by atoms with Gasteiger partial charge in [0.25, 0.3) is 0 Å². The number of aliphatic imine (C=N–C) groups is 1. The Kier molecular flexibility index (Phi) is 9.42. The van der Waals surface area contributed by atoms with Gasteiger partial charge in [-0.25, -0.2) is 0 Å². The highest BCUT2D eigenvalue weighted by Gasteiger charge is 2.21. The number of carbonyl (C=O) groups excluding carboxylic acids is 1. The third-order valence-corrected chi connectivity index (χ3v) is 5.33. The average Bonchev–Trinajstić information content (AvgIpc) is 2.75. The van der Waals surface area contributed by atoms with Gasteiger partial charge in [0.15, 0.2) is 5.96 Å². The van der Waals surface area contributed by atoms with Gasteiger partial charge in [-0.1, -0.05) is 42.0 Å². The summed E-state index contributed by atoms with van der Waals surface area (Å²) in [6.45, 7) is 8.32. The summed E-state index contributed by atoms with van der Waals surface area (Å²) in [7, 11) is 1.72. The number of rotatable bonds is 5. The Bertz CT molecular complexity index is 848. The summed E-state index contributed by atoms with van der Waals surface area (Å²) in [6, 6.07) is 16.8. The van der Waals surface area contributed by atoms with Crippen LogP contribution in [0.1, 0.15) is 16.7 Å². The summed E-state index contributed by atoms with van der Waals surface area (Å²) in [5, 5.41) is 6.44. The Labute approximate surface area is 196 Å². The van der Waals surface area contributed by atoms with Crippen molar-refractivity contribution in [1.82, 2.24) is 15.5 Å². The van der Waals surface area contributed by atoms with Gasteiger partial charge in [0.2, 0.25) is 5.91 Å². The molecule has 0 aliphatic carbocycles. The number of anilines is 1. The molecule has 0 saturated carbocycles. The van der Waals surface area contributed by atoms with Gasteiger partial charge < -0.3 is 20.4 Å². The van der Waals surface area contributed by atoms with Crippen LogP contribution >= 0.6 is 24.0 Å². The van der Waals surface area contributed by atoms with E-state index in [1.165, 1.54) is 22.4 Å². The molecule has 2 aromatic rings. The van der Waals surface area contributed by atoms with Crippen molar-refractivity contribution in [2.75, 3.05) is 44.7 Å². The molecule has 162 valence electrons. The van der Waals surface area contributed by atoms with Crippen molar-refractivity contribution in [2.45, 2.75) is 20.4 Å². The van der Waals surface area contributed by atoms with E-state index in [9.17, 15) is 4.79 Å². The second-order valence-corrected chi connectivity index (χ2v) is 7.41. The molecule has 1 heterocycles. The zero-order valence-corrected chi connectivity index (χ0v) is 20.3. The molecule has 1 saturated heterocycles. The highest BCUT2D eigenvalue weighted by molar-refractivity contribution is 14.0. The molecule has 0 bridgehead atoms. The van der Waals surface area contributed by atoms with E-state index in [4.69, 9.17) is 0 Å². The molecular weight excluding hydrogens is 489 g/mol. The Morgan fingerprint density at radius 2 is 1.70 bits per heavy atom. The Hall–Kier alpha value is -2.29. The molecule has 0 unspecified atom stereocenters. The van der Waals surface area contributed by atoms with Gasteiger partial charge in [-0.3, -0.25) is 9.79 Å². The van der Waals surface area contributed by atoms with Gasteiger partial charge in [-0.2, -0.15) is 0 Å². The molecule has 2 aromatic carbocycles. The first-order valence-corrected chi connectivity index (χ1v) is 10.2. The van der Waals surface area contributed by atoms with E-state index >= 15 is 0 Å². The number of carbonyl (C=O) groups is 1. The molecule has 2 N–H and O–H groups in total. The molecule has 7 heteroatoms. The van der Waals surface area contributed by atoms with E-state index < -0.39 is 0 Å². The van der Waals surface area contributed by atoms with E-state index in [0.29, 0.717) is 12.5 Å². The van der Waals surface area contributed by atoms with Crippen molar-refractivity contribution in [3.8, 4) is 0 Å². The number of nitrogens with one attached hydrogen (secondary N) is 2. The monoisotopic (exact) mass is 521 g/mol. The van der Waals surface area contributed by atoms with Crippen LogP contribution in [0.2, 0.25) is 0 Å². The number of aryl methyl sites for hydroxylation is 2. The highest BCUT2D eigenvalue weighted by Crippen LogP contribution is 2.15. The number of guanidine groups is 1. The molecule has 6 nitrogen and oxygen atoms in total. The summed E-state index contributed by atoms with van der Waals surface area (Å²) in [5.41, 5.74) is 4.95. The molecule has 1 fully saturated rings. The smallest absolute Gasteiger partial charge is 0.242 e. The number of para-hydroxylation sites is 1. The number of nitrogens with zero attached hydrogens (tertiary/aromatic N) is 3. The largest absolute Gasteiger partial charge is 0.368 e. The van der Waals surface area contributed by atoms with Crippen LogP contribution in [0.3, 0.4) is 0 Å². The van der Waals surface area contributed by atoms with Crippen molar-refractivity contribution in [3.05, 3.63) is 65.2 Å². The minimum absolute atomic E-state index is 0. The van der Waals surface area contributed by atoms with Crippen molar-refractivity contribution >= 4 is 41.5 Å². The molecule has 1 amide bonds. The van der Waals surface area contributed by atoms with Crippen LogP contribution in [-0.2, 0) is 11.3 Å². The maximum absolute atomic E-state index is 12.6. The predicted molar refractivity (Wildman–Crippen MR) is 135 cm³/mol. The fourth-order valence-electron chi connectivity index (χ4n) is 3.57. The third-order valence-electron chi connectivity index (χ3n) is 5.33. The summed E-state index contributed by atoms with van der Waals surface area (Å²) >= 11 is 0. The minimum Gasteiger partial charge on any atom is -0.368 e. The van der Waals surface area contributed by atoms with Gasteiger partial charge in [0.05, 0.1) is 6.54 Å². The Morgan fingerprint density at radius 1 is 1.00 bits per heavy atom. The lowest BCUT2D eigenvalue weighted by Gasteiger charge is -2.36. The van der Waals surface area contributed by atoms with Crippen molar-refractivity contribution in [3.63, 3.8) is 0 Å². The molecule has 0 atom stereocenters. The number of amides is 1. The van der Waals surface area contributed by atoms with Crippen LogP contribution < -0.4 is 15.5 Å². The Morgan fingerprint density at radius 3 is 2.33 bits per heavy atom. The number of piperazine rings is 1. The second kappa shape index (κ2) is 11.8. The van der Waals surface area contributed by atoms with Crippen molar-refractivity contribution in [2.24, 2.45) is 4.99 Å². The van der Waals surface area contributed by atoms with E-state index in [-0.39, 0.29) is 36.4 Å². The summed E-state index contributed by atoms with van der Waals surface area (Å²) in [5.74, 6) is 0.744. The first kappa shape index (κ1) is 24.0. The van der Waals surface area contributed by atoms with Crippen LogP contribution in [0, 0.1) is 13.8 Å². The standard InChI is InChI=1S/C23H31N5O.HI/c1-18-9-10-20(19(2)15-18)16-25-23(24-3)26-17-22(29)28-13-11-27(12-14-28)21-7-5-4-6-8-21;/h4-10,15H,11-14,16-17H2,1-3H3,(H2,24,25,26);1H. The van der Waals surface area contributed by atoms with E-state index in [2.05, 4.69) is 64.7 Å². The quantitative estimate of drug-likeness (QED) is 0.361. The summed E-state index contributed by atoms with van der Waals surface area (Å²) in [6.07, 6.45) is 0. The second-order valence-electron chi connectivity index (χ2n) is 7.41. The van der Waals surface area contributed by atoms with Gasteiger partial charge in [-0.05, 0) is 37.1 Å². The van der Waals surface area contributed by atoms with Crippen LogP contribution in [-0.4, -0.2) is 56.5 Å². The molecule has 0 radical (unpaired) electrons. The Balaban J connectivity index is 0.00000320. The first-order valence-electron chi connectivity index (χ1n) is 10.2. The fraction of sp³-hybridized carbons (Fsp3) is 0.391. The van der Waals surface area contributed by atoms with Crippen LogP contribution in [0.25, 0.3) is 0 Å². The molecule has 1 aliphatic heterocycles. The average molecular weight is 521 g/mol. The molecule has 0 spiro atoms. The number of hydrogen-bond donors (Lipinski definition) is 2. The van der Waals surface area contributed by atoms with Gasteiger partial charge in [-0.15, -0.1) is 24.0 Å². The molecule has 30 heavy (non-hydrogen) atoms.